The van der Waals surface area contributed by atoms with Crippen LogP contribution in [0.15, 0.2) is 29.2 Å². The van der Waals surface area contributed by atoms with Gasteiger partial charge in [-0.05, 0) is 30.7 Å². The van der Waals surface area contributed by atoms with Crippen molar-refractivity contribution in [2.75, 3.05) is 11.5 Å². The Morgan fingerprint density at radius 2 is 2.06 bits per heavy atom. The van der Waals surface area contributed by atoms with Crippen molar-refractivity contribution in [2.45, 2.75) is 24.8 Å². The molecule has 96 valence electrons. The molecular weight excluding hydrogens is 251 g/mol. The highest BCUT2D eigenvalue weighted by atomic mass is 32.2. The molecule has 0 saturated heterocycles. The zero-order valence-corrected chi connectivity index (χ0v) is 11.0. The molecule has 0 aliphatic carbocycles. The summed E-state index contributed by atoms with van der Waals surface area (Å²) in [7, 11) is 0. The molecule has 0 radical (unpaired) electrons. The zero-order chi connectivity index (χ0) is 13.0. The minimum atomic E-state index is -0.211. The maximum absolute atomic E-state index is 12.7. The number of anilines is 1. The van der Waals surface area contributed by atoms with Crippen molar-refractivity contribution >= 4 is 17.6 Å². The molecule has 0 bridgehead atoms. The molecule has 18 heavy (non-hydrogen) atoms. The summed E-state index contributed by atoms with van der Waals surface area (Å²) in [6.07, 6.45) is 0.819. The van der Waals surface area contributed by atoms with Gasteiger partial charge in [-0.3, -0.25) is 0 Å². The Labute approximate surface area is 109 Å². The van der Waals surface area contributed by atoms with E-state index in [9.17, 15) is 4.39 Å². The van der Waals surface area contributed by atoms with Crippen LogP contribution >= 0.6 is 11.8 Å². The van der Waals surface area contributed by atoms with Crippen LogP contribution in [-0.4, -0.2) is 20.7 Å². The molecule has 0 amide bonds. The van der Waals surface area contributed by atoms with Gasteiger partial charge < -0.3 is 5.73 Å². The van der Waals surface area contributed by atoms with Crippen molar-refractivity contribution in [2.24, 2.45) is 0 Å². The number of nitrogens with zero attached hydrogens (tertiary/aromatic N) is 3. The van der Waals surface area contributed by atoms with Gasteiger partial charge in [0, 0.05) is 10.6 Å². The minimum absolute atomic E-state index is 0.211. The van der Waals surface area contributed by atoms with Gasteiger partial charge in [0.1, 0.15) is 5.82 Å². The van der Waals surface area contributed by atoms with Crippen molar-refractivity contribution in [1.82, 2.24) is 15.0 Å². The first kappa shape index (κ1) is 12.9. The first-order valence-electron chi connectivity index (χ1n) is 5.77. The molecule has 2 aromatic rings. The first-order chi connectivity index (χ1) is 8.70. The van der Waals surface area contributed by atoms with E-state index in [-0.39, 0.29) is 5.82 Å². The van der Waals surface area contributed by atoms with E-state index in [1.54, 1.807) is 23.9 Å². The second-order valence-electron chi connectivity index (χ2n) is 3.80. The quantitative estimate of drug-likeness (QED) is 0.844. The van der Waals surface area contributed by atoms with Crippen molar-refractivity contribution in [3.8, 4) is 0 Å². The molecule has 0 atom stereocenters. The second kappa shape index (κ2) is 5.86. The van der Waals surface area contributed by atoms with E-state index in [2.05, 4.69) is 10.3 Å². The Balaban J connectivity index is 1.90. The van der Waals surface area contributed by atoms with Crippen molar-refractivity contribution < 1.29 is 4.39 Å². The third kappa shape index (κ3) is 3.01. The van der Waals surface area contributed by atoms with Gasteiger partial charge in [-0.15, -0.1) is 16.9 Å². The number of halogens is 1. The largest absolute Gasteiger partial charge is 0.381 e. The van der Waals surface area contributed by atoms with Crippen LogP contribution in [0.2, 0.25) is 0 Å². The predicted octanol–water partition coefficient (Wildman–Crippen LogP) is 2.35. The summed E-state index contributed by atoms with van der Waals surface area (Å²) < 4.78 is 14.6. The molecule has 4 nitrogen and oxygen atoms in total. The average molecular weight is 266 g/mol. The molecule has 0 aliphatic rings. The number of rotatable bonds is 5. The Kier molecular flexibility index (Phi) is 4.19. The van der Waals surface area contributed by atoms with Gasteiger partial charge in [0.15, 0.2) is 5.82 Å². The molecule has 0 saturated carbocycles. The molecular formula is C12H15FN4S. The molecule has 1 aromatic carbocycles. The lowest BCUT2D eigenvalue weighted by Gasteiger charge is -2.05. The van der Waals surface area contributed by atoms with Gasteiger partial charge in [0.05, 0.1) is 12.2 Å². The summed E-state index contributed by atoms with van der Waals surface area (Å²) in [6.45, 7) is 2.77. The summed E-state index contributed by atoms with van der Waals surface area (Å²) in [5.41, 5.74) is 6.68. The van der Waals surface area contributed by atoms with Crippen LogP contribution in [0.4, 0.5) is 10.2 Å². The first-order valence-corrected chi connectivity index (χ1v) is 6.75. The lowest BCUT2D eigenvalue weighted by Crippen LogP contribution is -2.07. The fraction of sp³-hybridized carbons (Fsp3) is 0.333. The average Bonchev–Trinajstić information content (AvgIpc) is 2.72. The van der Waals surface area contributed by atoms with Crippen molar-refractivity contribution in [3.63, 3.8) is 0 Å². The third-order valence-corrected chi connectivity index (χ3v) is 3.58. The van der Waals surface area contributed by atoms with Crippen LogP contribution in [0.3, 0.4) is 0 Å². The highest BCUT2D eigenvalue weighted by molar-refractivity contribution is 7.99. The number of aromatic nitrogens is 3. The molecule has 6 heteroatoms. The van der Waals surface area contributed by atoms with Gasteiger partial charge in [-0.25, -0.2) is 9.07 Å². The normalized spacial score (nSPS) is 10.8. The lowest BCUT2D eigenvalue weighted by molar-refractivity contribution is 0.606. The van der Waals surface area contributed by atoms with E-state index < -0.39 is 0 Å². The highest BCUT2D eigenvalue weighted by Gasteiger charge is 2.07. The number of hydrogen-bond acceptors (Lipinski definition) is 4. The Hall–Kier alpha value is -1.56. The van der Waals surface area contributed by atoms with E-state index >= 15 is 0 Å². The Morgan fingerprint density at radius 3 is 2.72 bits per heavy atom. The summed E-state index contributed by atoms with van der Waals surface area (Å²) >= 11 is 1.66. The third-order valence-electron chi connectivity index (χ3n) is 2.59. The Morgan fingerprint density at radius 1 is 1.33 bits per heavy atom. The second-order valence-corrected chi connectivity index (χ2v) is 4.97. The van der Waals surface area contributed by atoms with Crippen molar-refractivity contribution in [3.05, 3.63) is 35.8 Å². The maximum Gasteiger partial charge on any atom is 0.169 e. The van der Waals surface area contributed by atoms with E-state index in [1.807, 2.05) is 11.6 Å². The summed E-state index contributed by atoms with van der Waals surface area (Å²) in [5.74, 6) is 1.14. The van der Waals surface area contributed by atoms with Gasteiger partial charge in [-0.1, -0.05) is 12.1 Å². The lowest BCUT2D eigenvalue weighted by atomic mass is 10.3. The van der Waals surface area contributed by atoms with E-state index in [1.165, 1.54) is 12.1 Å². The molecule has 2 N–H and O–H groups in total. The number of aryl methyl sites for hydroxylation is 1. The molecule has 0 spiro atoms. The van der Waals surface area contributed by atoms with E-state index in [0.717, 1.165) is 29.3 Å². The van der Waals surface area contributed by atoms with Gasteiger partial charge in [0.2, 0.25) is 0 Å². The van der Waals surface area contributed by atoms with Crippen LogP contribution in [0.5, 0.6) is 0 Å². The standard InChI is InChI=1S/C12H15FN4S/c1-2-11-12(14)15-16-17(11)7-8-18-10-5-3-9(13)4-6-10/h3-6H,2,7-8,14H2,1H3. The van der Waals surface area contributed by atoms with Gasteiger partial charge in [0.25, 0.3) is 0 Å². The molecule has 0 fully saturated rings. The maximum atomic E-state index is 12.7. The number of thioether (sulfide) groups is 1. The smallest absolute Gasteiger partial charge is 0.169 e. The summed E-state index contributed by atoms with van der Waals surface area (Å²) in [5, 5.41) is 7.86. The number of nitrogen functional groups attached to an aromatic ring is 1. The van der Waals surface area contributed by atoms with Gasteiger partial charge >= 0.3 is 0 Å². The molecule has 0 unspecified atom stereocenters. The molecule has 1 aromatic heterocycles. The molecule has 1 heterocycles. The minimum Gasteiger partial charge on any atom is -0.381 e. The van der Waals surface area contributed by atoms with Crippen LogP contribution in [0.25, 0.3) is 0 Å². The Bertz CT molecular complexity index is 509. The topological polar surface area (TPSA) is 56.7 Å². The molecule has 2 rings (SSSR count). The van der Waals surface area contributed by atoms with Crippen LogP contribution in [0, 0.1) is 5.82 Å². The predicted molar refractivity (Wildman–Crippen MR) is 70.9 cm³/mol. The summed E-state index contributed by atoms with van der Waals surface area (Å²) in [6, 6.07) is 6.48. The highest BCUT2D eigenvalue weighted by Crippen LogP contribution is 2.19. The SMILES string of the molecule is CCc1c(N)nnn1CCSc1ccc(F)cc1. The fourth-order valence-corrected chi connectivity index (χ4v) is 2.50. The number of nitrogens with two attached hydrogens (primary N) is 1. The van der Waals surface area contributed by atoms with Crippen molar-refractivity contribution in [1.29, 1.82) is 0 Å². The van der Waals surface area contributed by atoms with Crippen LogP contribution < -0.4 is 5.73 Å². The number of benzene rings is 1. The van der Waals surface area contributed by atoms with Crippen LogP contribution in [0.1, 0.15) is 12.6 Å². The van der Waals surface area contributed by atoms with Gasteiger partial charge in [-0.2, -0.15) is 0 Å². The van der Waals surface area contributed by atoms with E-state index in [0.29, 0.717) is 5.82 Å². The monoisotopic (exact) mass is 266 g/mol. The van der Waals surface area contributed by atoms with Crippen LogP contribution in [-0.2, 0) is 13.0 Å². The fourth-order valence-electron chi connectivity index (χ4n) is 1.67. The zero-order valence-electron chi connectivity index (χ0n) is 10.1. The number of hydrogen-bond donors (Lipinski definition) is 1. The molecule has 0 aliphatic heterocycles. The van der Waals surface area contributed by atoms with E-state index in [4.69, 9.17) is 5.73 Å². The summed E-state index contributed by atoms with van der Waals surface area (Å²) in [4.78, 5) is 1.04.